The number of pyridine rings is 1. The standard InChI is InChI=1S/C25H30FN3O2/c1-2-27-23(30)22-12-10-18(16-28-22)17-9-11-20(21(26)15-17)25(13-14-25)24(31)29-19-7-5-3-4-6-8-19/h9-12,15-16,19H,2-8,13-14H2,1H3,(H,27,30)(H,29,31). The minimum atomic E-state index is -0.727. The van der Waals surface area contributed by atoms with Gasteiger partial charge in [0.05, 0.1) is 5.41 Å². The van der Waals surface area contributed by atoms with Gasteiger partial charge in [-0.1, -0.05) is 43.9 Å². The molecule has 1 aromatic heterocycles. The number of hydrogen-bond donors (Lipinski definition) is 2. The van der Waals surface area contributed by atoms with Crippen molar-refractivity contribution in [1.82, 2.24) is 15.6 Å². The van der Waals surface area contributed by atoms with Crippen molar-refractivity contribution in [1.29, 1.82) is 0 Å². The van der Waals surface area contributed by atoms with E-state index in [-0.39, 0.29) is 23.7 Å². The molecule has 164 valence electrons. The molecule has 0 unspecified atom stereocenters. The molecule has 2 aliphatic rings. The predicted octanol–water partition coefficient (Wildman–Crippen LogP) is 4.51. The average Bonchev–Trinajstić information content (AvgIpc) is 3.60. The summed E-state index contributed by atoms with van der Waals surface area (Å²) < 4.78 is 15.1. The molecule has 2 N–H and O–H groups in total. The molecule has 4 rings (SSSR count). The van der Waals surface area contributed by atoms with E-state index in [0.717, 1.165) is 31.2 Å². The molecule has 2 aliphatic carbocycles. The van der Waals surface area contributed by atoms with E-state index in [0.29, 0.717) is 36.2 Å². The molecule has 6 heteroatoms. The minimum Gasteiger partial charge on any atom is -0.353 e. The Morgan fingerprint density at radius 2 is 1.77 bits per heavy atom. The van der Waals surface area contributed by atoms with Crippen LogP contribution in [0.3, 0.4) is 0 Å². The summed E-state index contributed by atoms with van der Waals surface area (Å²) in [5, 5.41) is 5.91. The van der Waals surface area contributed by atoms with E-state index in [2.05, 4.69) is 15.6 Å². The molecule has 1 aromatic carbocycles. The van der Waals surface area contributed by atoms with Gasteiger partial charge in [0.15, 0.2) is 0 Å². The first-order valence-electron chi connectivity index (χ1n) is 11.4. The Kier molecular flexibility index (Phi) is 6.35. The molecular formula is C25H30FN3O2. The molecule has 0 spiro atoms. The van der Waals surface area contributed by atoms with Crippen LogP contribution < -0.4 is 10.6 Å². The van der Waals surface area contributed by atoms with Crippen LogP contribution in [0.2, 0.25) is 0 Å². The fraction of sp³-hybridized carbons (Fsp3) is 0.480. The summed E-state index contributed by atoms with van der Waals surface area (Å²) in [5.41, 5.74) is 1.49. The SMILES string of the molecule is CCNC(=O)c1ccc(-c2ccc(C3(C(=O)NC4CCCCCC4)CC3)c(F)c2)cn1. The number of benzene rings is 1. The minimum absolute atomic E-state index is 0.0287. The van der Waals surface area contributed by atoms with Gasteiger partial charge in [-0.25, -0.2) is 4.39 Å². The van der Waals surface area contributed by atoms with E-state index in [1.54, 1.807) is 24.4 Å². The molecule has 0 aliphatic heterocycles. The van der Waals surface area contributed by atoms with Crippen LogP contribution in [0.5, 0.6) is 0 Å². The summed E-state index contributed by atoms with van der Waals surface area (Å²) in [7, 11) is 0. The molecule has 2 aromatic rings. The maximum absolute atomic E-state index is 15.1. The van der Waals surface area contributed by atoms with Crippen molar-refractivity contribution in [2.45, 2.75) is 69.7 Å². The first-order valence-corrected chi connectivity index (χ1v) is 11.4. The largest absolute Gasteiger partial charge is 0.353 e. The first-order chi connectivity index (χ1) is 15.0. The highest BCUT2D eigenvalue weighted by molar-refractivity contribution is 5.93. The van der Waals surface area contributed by atoms with E-state index in [1.165, 1.54) is 18.9 Å². The Bertz CT molecular complexity index is 946. The number of carbonyl (C=O) groups is 2. The molecular weight excluding hydrogens is 393 g/mol. The van der Waals surface area contributed by atoms with Gasteiger partial charge in [0.2, 0.25) is 5.91 Å². The Morgan fingerprint density at radius 3 is 2.35 bits per heavy atom. The molecule has 2 amide bonds. The zero-order chi connectivity index (χ0) is 21.8. The van der Waals surface area contributed by atoms with Gasteiger partial charge in [0.1, 0.15) is 11.5 Å². The molecule has 0 atom stereocenters. The van der Waals surface area contributed by atoms with Gasteiger partial charge in [0, 0.05) is 29.9 Å². The summed E-state index contributed by atoms with van der Waals surface area (Å²) in [6.07, 6.45) is 9.73. The summed E-state index contributed by atoms with van der Waals surface area (Å²) in [4.78, 5) is 29.1. The predicted molar refractivity (Wildman–Crippen MR) is 118 cm³/mol. The highest BCUT2D eigenvalue weighted by atomic mass is 19.1. The van der Waals surface area contributed by atoms with Gasteiger partial charge in [0.25, 0.3) is 5.91 Å². The lowest BCUT2D eigenvalue weighted by atomic mass is 9.91. The number of hydrogen-bond acceptors (Lipinski definition) is 3. The fourth-order valence-corrected chi connectivity index (χ4v) is 4.52. The number of nitrogens with one attached hydrogen (secondary N) is 2. The van der Waals surface area contributed by atoms with Gasteiger partial charge < -0.3 is 10.6 Å². The van der Waals surface area contributed by atoms with Crippen LogP contribution in [0, 0.1) is 5.82 Å². The molecule has 0 saturated heterocycles. The van der Waals surface area contributed by atoms with Gasteiger partial charge in [-0.3, -0.25) is 14.6 Å². The number of aromatic nitrogens is 1. The van der Waals surface area contributed by atoms with E-state index in [9.17, 15) is 9.59 Å². The number of nitrogens with zero attached hydrogens (tertiary/aromatic N) is 1. The third kappa shape index (κ3) is 4.63. The second-order valence-corrected chi connectivity index (χ2v) is 8.73. The maximum Gasteiger partial charge on any atom is 0.269 e. The summed E-state index contributed by atoms with van der Waals surface area (Å²) in [6, 6.07) is 8.65. The fourth-order valence-electron chi connectivity index (χ4n) is 4.52. The van der Waals surface area contributed by atoms with Crippen LogP contribution in [0.1, 0.15) is 74.3 Å². The number of halogens is 1. The normalized spacial score (nSPS) is 18.1. The lowest BCUT2D eigenvalue weighted by Crippen LogP contribution is -2.41. The van der Waals surface area contributed by atoms with Crippen molar-refractivity contribution in [2.75, 3.05) is 6.54 Å². The van der Waals surface area contributed by atoms with Gasteiger partial charge in [-0.2, -0.15) is 0 Å². The highest BCUT2D eigenvalue weighted by Crippen LogP contribution is 2.50. The summed E-state index contributed by atoms with van der Waals surface area (Å²) in [5.74, 6) is -0.622. The van der Waals surface area contributed by atoms with Gasteiger partial charge in [-0.15, -0.1) is 0 Å². The number of amides is 2. The van der Waals surface area contributed by atoms with Crippen molar-refractivity contribution in [3.05, 3.63) is 53.6 Å². The highest BCUT2D eigenvalue weighted by Gasteiger charge is 2.53. The molecule has 5 nitrogen and oxygen atoms in total. The van der Waals surface area contributed by atoms with E-state index in [1.807, 2.05) is 13.0 Å². The quantitative estimate of drug-likeness (QED) is 0.672. The first kappa shape index (κ1) is 21.5. The van der Waals surface area contributed by atoms with Crippen LogP contribution in [0.15, 0.2) is 36.5 Å². The van der Waals surface area contributed by atoms with Gasteiger partial charge in [-0.05, 0) is 50.3 Å². The van der Waals surface area contributed by atoms with Crippen LogP contribution in [-0.4, -0.2) is 29.4 Å². The van der Waals surface area contributed by atoms with Crippen molar-refractivity contribution in [2.24, 2.45) is 0 Å². The maximum atomic E-state index is 15.1. The Hall–Kier alpha value is -2.76. The molecule has 0 bridgehead atoms. The molecule has 1 heterocycles. The van der Waals surface area contributed by atoms with Crippen molar-refractivity contribution in [3.8, 4) is 11.1 Å². The van der Waals surface area contributed by atoms with E-state index >= 15 is 4.39 Å². The topological polar surface area (TPSA) is 71.1 Å². The smallest absolute Gasteiger partial charge is 0.269 e. The van der Waals surface area contributed by atoms with Crippen LogP contribution >= 0.6 is 0 Å². The Morgan fingerprint density at radius 1 is 1.06 bits per heavy atom. The van der Waals surface area contributed by atoms with Crippen molar-refractivity contribution in [3.63, 3.8) is 0 Å². The van der Waals surface area contributed by atoms with E-state index in [4.69, 9.17) is 0 Å². The summed E-state index contributed by atoms with van der Waals surface area (Å²) in [6.45, 7) is 2.38. The molecule has 2 fully saturated rings. The third-order valence-electron chi connectivity index (χ3n) is 6.53. The average molecular weight is 424 g/mol. The lowest BCUT2D eigenvalue weighted by molar-refractivity contribution is -0.124. The molecule has 31 heavy (non-hydrogen) atoms. The third-order valence-corrected chi connectivity index (χ3v) is 6.53. The van der Waals surface area contributed by atoms with Gasteiger partial charge >= 0.3 is 0 Å². The molecule has 0 radical (unpaired) electrons. The van der Waals surface area contributed by atoms with Crippen molar-refractivity contribution < 1.29 is 14.0 Å². The Labute approximate surface area is 182 Å². The Balaban J connectivity index is 1.49. The monoisotopic (exact) mass is 423 g/mol. The zero-order valence-electron chi connectivity index (χ0n) is 18.0. The van der Waals surface area contributed by atoms with Crippen LogP contribution in [0.4, 0.5) is 4.39 Å². The zero-order valence-corrected chi connectivity index (χ0v) is 18.0. The molecule has 2 saturated carbocycles. The number of rotatable bonds is 6. The number of carbonyl (C=O) groups excluding carboxylic acids is 2. The van der Waals surface area contributed by atoms with Crippen LogP contribution in [-0.2, 0) is 10.2 Å². The second-order valence-electron chi connectivity index (χ2n) is 8.73. The second kappa shape index (κ2) is 9.16. The summed E-state index contributed by atoms with van der Waals surface area (Å²) >= 11 is 0. The van der Waals surface area contributed by atoms with Crippen molar-refractivity contribution >= 4 is 11.8 Å². The van der Waals surface area contributed by atoms with Crippen LogP contribution in [0.25, 0.3) is 11.1 Å². The van der Waals surface area contributed by atoms with E-state index < -0.39 is 5.41 Å². The lowest BCUT2D eigenvalue weighted by Gasteiger charge is -2.22.